The van der Waals surface area contributed by atoms with Gasteiger partial charge in [0.15, 0.2) is 0 Å². The Bertz CT molecular complexity index is 347. The lowest BCUT2D eigenvalue weighted by molar-refractivity contribution is 0.115. The summed E-state index contributed by atoms with van der Waals surface area (Å²) >= 11 is 0. The van der Waals surface area contributed by atoms with Gasteiger partial charge in [-0.1, -0.05) is 13.8 Å². The van der Waals surface area contributed by atoms with E-state index in [4.69, 9.17) is 15.5 Å². The highest BCUT2D eigenvalue weighted by Gasteiger charge is 2.50. The lowest BCUT2D eigenvalue weighted by atomic mass is 9.99. The van der Waals surface area contributed by atoms with E-state index in [0.29, 0.717) is 32.1 Å². The molecule has 1 heterocycles. The van der Waals surface area contributed by atoms with E-state index in [1.807, 2.05) is 20.8 Å². The van der Waals surface area contributed by atoms with Gasteiger partial charge < -0.3 is 19.6 Å². The van der Waals surface area contributed by atoms with E-state index in [-0.39, 0.29) is 16.6 Å². The Labute approximate surface area is 136 Å². The average molecular weight is 354 g/mol. The predicted molar refractivity (Wildman–Crippen MR) is 92.3 cm³/mol. The second-order valence-electron chi connectivity index (χ2n) is 7.07. The highest BCUT2D eigenvalue weighted by Crippen LogP contribution is 2.66. The Morgan fingerprint density at radius 3 is 2.14 bits per heavy atom. The SMILES string of the molecule is CC(C)(CCC(O)CCCC(O)CCC1(C)OP1N)P(N)O. The zero-order chi connectivity index (χ0) is 17.0. The third-order valence-corrected chi connectivity index (χ3v) is 7.60. The molecule has 6 nitrogen and oxygen atoms in total. The maximum atomic E-state index is 9.98. The van der Waals surface area contributed by atoms with Crippen LogP contribution < -0.4 is 11.0 Å². The quantitative estimate of drug-likeness (QED) is 0.287. The van der Waals surface area contributed by atoms with Crippen LogP contribution in [0.15, 0.2) is 0 Å². The van der Waals surface area contributed by atoms with Crippen molar-refractivity contribution in [3.8, 4) is 0 Å². The lowest BCUT2D eigenvalue weighted by Gasteiger charge is -2.27. The average Bonchev–Trinajstić information content (AvgIpc) is 3.02. The zero-order valence-electron chi connectivity index (χ0n) is 13.9. The fraction of sp³-hybridized carbons (Fsp3) is 1.00. The number of rotatable bonds is 11. The molecule has 1 aliphatic rings. The van der Waals surface area contributed by atoms with Crippen LogP contribution in [-0.4, -0.2) is 37.8 Å². The summed E-state index contributed by atoms with van der Waals surface area (Å²) in [7, 11) is -2.25. The van der Waals surface area contributed by atoms with Crippen molar-refractivity contribution in [2.45, 2.75) is 88.4 Å². The molecule has 0 aromatic carbocycles. The van der Waals surface area contributed by atoms with Crippen LogP contribution in [0.5, 0.6) is 0 Å². The van der Waals surface area contributed by atoms with Gasteiger partial charge in [-0.05, 0) is 51.9 Å². The van der Waals surface area contributed by atoms with E-state index in [9.17, 15) is 15.1 Å². The standard InChI is InChI=1S/C14H32N2O4P2/c1-13(2,21(15)19)9-7-11(17)5-4-6-12(18)8-10-14(3)20-22(14)16/h11-12,17-19H,4-10,15-16H2,1-3H3. The largest absolute Gasteiger partial charge is 0.393 e. The van der Waals surface area contributed by atoms with Gasteiger partial charge >= 0.3 is 0 Å². The molecular weight excluding hydrogens is 322 g/mol. The molecule has 132 valence electrons. The van der Waals surface area contributed by atoms with Crippen LogP contribution in [0.25, 0.3) is 0 Å². The first-order valence-corrected chi connectivity index (χ1v) is 10.6. The second-order valence-corrected chi connectivity index (χ2v) is 10.7. The molecule has 1 rings (SSSR count). The third-order valence-electron chi connectivity index (χ3n) is 4.45. The van der Waals surface area contributed by atoms with Gasteiger partial charge in [-0.15, -0.1) is 0 Å². The number of hydrogen-bond donors (Lipinski definition) is 5. The summed E-state index contributed by atoms with van der Waals surface area (Å²) in [6.45, 7) is 5.83. The van der Waals surface area contributed by atoms with Gasteiger partial charge in [-0.25, -0.2) is 0 Å². The molecule has 1 aliphatic heterocycles. The van der Waals surface area contributed by atoms with E-state index in [1.54, 1.807) is 0 Å². The van der Waals surface area contributed by atoms with Gasteiger partial charge in [0.1, 0.15) is 21.9 Å². The van der Waals surface area contributed by atoms with Crippen molar-refractivity contribution < 1.29 is 19.6 Å². The zero-order valence-corrected chi connectivity index (χ0v) is 15.7. The minimum Gasteiger partial charge on any atom is -0.393 e. The van der Waals surface area contributed by atoms with E-state index < -0.39 is 22.7 Å². The summed E-state index contributed by atoms with van der Waals surface area (Å²) in [5, 5.41) is 19.4. The fourth-order valence-corrected chi connectivity index (χ4v) is 3.62. The van der Waals surface area contributed by atoms with Crippen LogP contribution in [0.3, 0.4) is 0 Å². The van der Waals surface area contributed by atoms with Gasteiger partial charge in [0.25, 0.3) is 0 Å². The summed E-state index contributed by atoms with van der Waals surface area (Å²) in [6.07, 6.45) is 4.19. The molecule has 5 atom stereocenters. The Balaban J connectivity index is 2.08. The lowest BCUT2D eigenvalue weighted by Crippen LogP contribution is -2.23. The Morgan fingerprint density at radius 2 is 1.68 bits per heavy atom. The third kappa shape index (κ3) is 7.02. The highest BCUT2D eigenvalue weighted by atomic mass is 31.2. The Morgan fingerprint density at radius 1 is 1.18 bits per heavy atom. The first-order valence-electron chi connectivity index (χ1n) is 7.91. The molecule has 0 aliphatic carbocycles. The summed E-state index contributed by atoms with van der Waals surface area (Å²) in [5.74, 6) is 0. The Kier molecular flexibility index (Phi) is 8.11. The van der Waals surface area contributed by atoms with Crippen molar-refractivity contribution >= 4 is 16.6 Å². The normalized spacial score (nSPS) is 29.2. The van der Waals surface area contributed by atoms with Crippen molar-refractivity contribution in [1.82, 2.24) is 0 Å². The van der Waals surface area contributed by atoms with Crippen molar-refractivity contribution in [1.29, 1.82) is 0 Å². The van der Waals surface area contributed by atoms with Crippen LogP contribution in [-0.2, 0) is 4.52 Å². The van der Waals surface area contributed by atoms with E-state index >= 15 is 0 Å². The van der Waals surface area contributed by atoms with Gasteiger partial charge in [0.05, 0.1) is 12.2 Å². The van der Waals surface area contributed by atoms with Gasteiger partial charge in [0, 0.05) is 5.16 Å². The van der Waals surface area contributed by atoms with Crippen LogP contribution >= 0.6 is 16.6 Å². The monoisotopic (exact) mass is 354 g/mol. The molecule has 1 saturated heterocycles. The minimum absolute atomic E-state index is 0.188. The molecule has 0 radical (unpaired) electrons. The molecule has 5 unspecified atom stereocenters. The maximum absolute atomic E-state index is 9.98. The van der Waals surface area contributed by atoms with Gasteiger partial charge in [-0.3, -0.25) is 11.0 Å². The molecule has 0 saturated carbocycles. The number of aliphatic hydroxyl groups excluding tert-OH is 2. The first-order chi connectivity index (χ1) is 10.1. The van der Waals surface area contributed by atoms with Crippen LogP contribution in [0.1, 0.15) is 65.7 Å². The van der Waals surface area contributed by atoms with E-state index in [0.717, 1.165) is 12.8 Å². The van der Waals surface area contributed by atoms with Crippen molar-refractivity contribution in [3.05, 3.63) is 0 Å². The minimum atomic E-state index is -1.48. The van der Waals surface area contributed by atoms with Crippen LogP contribution in [0.2, 0.25) is 0 Å². The van der Waals surface area contributed by atoms with E-state index in [2.05, 4.69) is 0 Å². The molecule has 1 fully saturated rings. The molecule has 8 heteroatoms. The molecule has 0 spiro atoms. The summed E-state index contributed by atoms with van der Waals surface area (Å²) in [4.78, 5) is 9.50. The van der Waals surface area contributed by atoms with Crippen molar-refractivity contribution in [2.75, 3.05) is 0 Å². The summed E-state index contributed by atoms with van der Waals surface area (Å²) < 4.78 is 5.34. The number of hydrogen-bond acceptors (Lipinski definition) is 6. The molecular formula is C14H32N2O4P2. The number of aliphatic hydroxyl groups is 2. The number of nitrogens with two attached hydrogens (primary N) is 2. The van der Waals surface area contributed by atoms with Crippen molar-refractivity contribution in [3.63, 3.8) is 0 Å². The Hall–Kier alpha value is 0.620. The maximum Gasteiger partial charge on any atom is 0.133 e. The predicted octanol–water partition coefficient (Wildman–Crippen LogP) is 2.50. The molecule has 22 heavy (non-hydrogen) atoms. The van der Waals surface area contributed by atoms with E-state index in [1.165, 1.54) is 0 Å². The smallest absolute Gasteiger partial charge is 0.133 e. The van der Waals surface area contributed by atoms with Crippen LogP contribution in [0, 0.1) is 0 Å². The molecule has 7 N–H and O–H groups in total. The van der Waals surface area contributed by atoms with Crippen molar-refractivity contribution in [2.24, 2.45) is 11.0 Å². The summed E-state index contributed by atoms with van der Waals surface area (Å²) in [5.41, 5.74) is 11.3. The molecule has 0 aromatic rings. The van der Waals surface area contributed by atoms with Gasteiger partial charge in [-0.2, -0.15) is 0 Å². The molecule has 0 bridgehead atoms. The topological polar surface area (TPSA) is 125 Å². The molecule has 0 amide bonds. The van der Waals surface area contributed by atoms with Crippen LogP contribution in [0.4, 0.5) is 0 Å². The van der Waals surface area contributed by atoms with Gasteiger partial charge in [0.2, 0.25) is 0 Å². The fourth-order valence-electron chi connectivity index (χ4n) is 2.29. The first kappa shape index (κ1) is 20.7. The summed E-state index contributed by atoms with van der Waals surface area (Å²) in [6, 6.07) is 0. The highest BCUT2D eigenvalue weighted by molar-refractivity contribution is 7.57. The molecule has 0 aromatic heterocycles. The second kappa shape index (κ2) is 8.64.